The Balaban J connectivity index is 2.10. The third-order valence-corrected chi connectivity index (χ3v) is 5.71. The predicted molar refractivity (Wildman–Crippen MR) is 120 cm³/mol. The minimum Gasteiger partial charge on any atom is -0.465 e. The summed E-state index contributed by atoms with van der Waals surface area (Å²) in [4.78, 5) is 36.2. The number of carbonyl (C=O) groups excluding carboxylic acids is 3. The Morgan fingerprint density at radius 3 is 2.06 bits per heavy atom. The Morgan fingerprint density at radius 1 is 0.969 bits per heavy atom. The van der Waals surface area contributed by atoms with Crippen LogP contribution >= 0.6 is 0 Å². The van der Waals surface area contributed by atoms with Gasteiger partial charge in [0.05, 0.1) is 37.3 Å². The number of sulfonamides is 1. The lowest BCUT2D eigenvalue weighted by Gasteiger charge is -2.22. The first-order valence-corrected chi connectivity index (χ1v) is 11.6. The molecule has 0 fully saturated rings. The van der Waals surface area contributed by atoms with Crippen LogP contribution in [0.4, 0.5) is 11.4 Å². The average Bonchev–Trinajstić information content (AvgIpc) is 2.74. The monoisotopic (exact) mass is 462 g/mol. The Labute approximate surface area is 187 Å². The number of hydrogen-bond acceptors (Lipinski definition) is 7. The van der Waals surface area contributed by atoms with Crippen LogP contribution in [0.3, 0.4) is 0 Å². The Kier molecular flexibility index (Phi) is 8.36. The molecule has 0 aliphatic carbocycles. The largest absolute Gasteiger partial charge is 0.465 e. The molecule has 1 N–H and O–H groups in total. The SMILES string of the molecule is COC(=O)c1cc(NC(=O)CCCN(c2cccc(C)c2)S(C)(=O)=O)cc(C(=O)OC)c1. The van der Waals surface area contributed by atoms with E-state index in [0.717, 1.165) is 11.8 Å². The number of anilines is 2. The molecule has 2 aromatic rings. The van der Waals surface area contributed by atoms with Crippen molar-refractivity contribution >= 4 is 39.2 Å². The molecule has 0 saturated heterocycles. The maximum Gasteiger partial charge on any atom is 0.337 e. The van der Waals surface area contributed by atoms with Gasteiger partial charge in [-0.15, -0.1) is 0 Å². The van der Waals surface area contributed by atoms with Crippen molar-refractivity contribution in [2.75, 3.05) is 36.6 Å². The molecule has 0 atom stereocenters. The zero-order chi connectivity index (χ0) is 23.9. The van der Waals surface area contributed by atoms with Crippen molar-refractivity contribution in [2.45, 2.75) is 19.8 Å². The van der Waals surface area contributed by atoms with Gasteiger partial charge in [0.1, 0.15) is 0 Å². The molecule has 0 bridgehead atoms. The fourth-order valence-electron chi connectivity index (χ4n) is 3.05. The van der Waals surface area contributed by atoms with Crippen LogP contribution in [0.2, 0.25) is 0 Å². The summed E-state index contributed by atoms with van der Waals surface area (Å²) in [7, 11) is -1.13. The van der Waals surface area contributed by atoms with Gasteiger partial charge in [0.2, 0.25) is 15.9 Å². The molecule has 0 aliphatic heterocycles. The second kappa shape index (κ2) is 10.8. The molecule has 0 aliphatic rings. The van der Waals surface area contributed by atoms with E-state index in [2.05, 4.69) is 14.8 Å². The summed E-state index contributed by atoms with van der Waals surface area (Å²) in [6, 6.07) is 11.1. The van der Waals surface area contributed by atoms with Crippen LogP contribution in [-0.4, -0.2) is 53.3 Å². The van der Waals surface area contributed by atoms with Crippen molar-refractivity contribution in [3.63, 3.8) is 0 Å². The van der Waals surface area contributed by atoms with Gasteiger partial charge in [-0.3, -0.25) is 9.10 Å². The third kappa shape index (κ3) is 6.81. The van der Waals surface area contributed by atoms with Crippen molar-refractivity contribution in [2.24, 2.45) is 0 Å². The molecule has 32 heavy (non-hydrogen) atoms. The van der Waals surface area contributed by atoms with Crippen molar-refractivity contribution in [3.8, 4) is 0 Å². The number of aryl methyl sites for hydroxylation is 1. The lowest BCUT2D eigenvalue weighted by atomic mass is 10.1. The van der Waals surface area contributed by atoms with Gasteiger partial charge in [-0.05, 0) is 49.2 Å². The molecule has 0 aromatic heterocycles. The fraction of sp³-hybridized carbons (Fsp3) is 0.318. The fourth-order valence-corrected chi connectivity index (χ4v) is 4.00. The predicted octanol–water partition coefficient (Wildman–Crippen LogP) is 2.75. The molecule has 0 heterocycles. The number of esters is 2. The van der Waals surface area contributed by atoms with E-state index in [1.165, 1.54) is 36.7 Å². The van der Waals surface area contributed by atoms with E-state index in [1.807, 2.05) is 13.0 Å². The molecular weight excluding hydrogens is 436 g/mol. The normalized spacial score (nSPS) is 10.9. The van der Waals surface area contributed by atoms with E-state index in [1.54, 1.807) is 18.2 Å². The summed E-state index contributed by atoms with van der Waals surface area (Å²) in [6.45, 7) is 1.98. The molecule has 2 rings (SSSR count). The van der Waals surface area contributed by atoms with E-state index in [4.69, 9.17) is 0 Å². The molecule has 10 heteroatoms. The number of nitrogens with one attached hydrogen (secondary N) is 1. The third-order valence-electron chi connectivity index (χ3n) is 4.51. The molecule has 2 aromatic carbocycles. The lowest BCUT2D eigenvalue weighted by molar-refractivity contribution is -0.116. The first-order chi connectivity index (χ1) is 15.0. The van der Waals surface area contributed by atoms with Gasteiger partial charge in [-0.25, -0.2) is 18.0 Å². The van der Waals surface area contributed by atoms with Crippen LogP contribution in [0.5, 0.6) is 0 Å². The molecule has 9 nitrogen and oxygen atoms in total. The molecule has 172 valence electrons. The number of ether oxygens (including phenoxy) is 2. The van der Waals surface area contributed by atoms with Crippen molar-refractivity contribution in [3.05, 3.63) is 59.2 Å². The number of nitrogens with zero attached hydrogens (tertiary/aromatic N) is 1. The molecule has 1 amide bonds. The van der Waals surface area contributed by atoms with E-state index < -0.39 is 27.9 Å². The maximum atomic E-state index is 12.4. The molecule has 0 radical (unpaired) electrons. The van der Waals surface area contributed by atoms with Crippen LogP contribution in [0.25, 0.3) is 0 Å². The number of rotatable bonds is 9. The zero-order valence-electron chi connectivity index (χ0n) is 18.4. The summed E-state index contributed by atoms with van der Waals surface area (Å²) >= 11 is 0. The van der Waals surface area contributed by atoms with Crippen LogP contribution < -0.4 is 9.62 Å². The first-order valence-electron chi connectivity index (χ1n) is 9.71. The number of carbonyl (C=O) groups is 3. The van der Waals surface area contributed by atoms with Crippen molar-refractivity contribution < 1.29 is 32.3 Å². The van der Waals surface area contributed by atoms with Crippen molar-refractivity contribution in [1.82, 2.24) is 0 Å². The molecule has 0 spiro atoms. The minimum absolute atomic E-state index is 0.0217. The number of hydrogen-bond donors (Lipinski definition) is 1. The second-order valence-corrected chi connectivity index (χ2v) is 9.01. The smallest absolute Gasteiger partial charge is 0.337 e. The highest BCUT2D eigenvalue weighted by molar-refractivity contribution is 7.92. The molecule has 0 saturated carbocycles. The van der Waals surface area contributed by atoms with Crippen LogP contribution in [-0.2, 0) is 24.3 Å². The number of methoxy groups -OCH3 is 2. The summed E-state index contributed by atoms with van der Waals surface area (Å²) in [5.74, 6) is -1.75. The Hall–Kier alpha value is -3.40. The molecule has 0 unspecified atom stereocenters. The summed E-state index contributed by atoms with van der Waals surface area (Å²) in [5, 5.41) is 2.62. The summed E-state index contributed by atoms with van der Waals surface area (Å²) in [5.41, 5.74) is 1.82. The van der Waals surface area contributed by atoms with Gasteiger partial charge in [0.15, 0.2) is 0 Å². The summed E-state index contributed by atoms with van der Waals surface area (Å²) in [6.07, 6.45) is 1.39. The van der Waals surface area contributed by atoms with Crippen molar-refractivity contribution in [1.29, 1.82) is 0 Å². The van der Waals surface area contributed by atoms with Gasteiger partial charge in [-0.2, -0.15) is 0 Å². The van der Waals surface area contributed by atoms with Gasteiger partial charge < -0.3 is 14.8 Å². The first kappa shape index (κ1) is 24.9. The topological polar surface area (TPSA) is 119 Å². The zero-order valence-corrected chi connectivity index (χ0v) is 19.2. The van der Waals surface area contributed by atoms with Gasteiger partial charge >= 0.3 is 11.9 Å². The maximum absolute atomic E-state index is 12.4. The molecular formula is C22H26N2O7S. The highest BCUT2D eigenvalue weighted by Crippen LogP contribution is 2.20. The van der Waals surface area contributed by atoms with E-state index in [-0.39, 0.29) is 36.2 Å². The van der Waals surface area contributed by atoms with Crippen LogP contribution in [0.1, 0.15) is 39.1 Å². The second-order valence-electron chi connectivity index (χ2n) is 7.11. The summed E-state index contributed by atoms with van der Waals surface area (Å²) < 4.78 is 35.0. The van der Waals surface area contributed by atoms with E-state index >= 15 is 0 Å². The van der Waals surface area contributed by atoms with E-state index in [0.29, 0.717) is 5.69 Å². The standard InChI is InChI=1S/C22H26N2O7S/c1-15-7-5-8-19(11-15)24(32(4,28)29)10-6-9-20(25)23-18-13-16(21(26)30-2)12-17(14-18)22(27)31-3/h5,7-8,11-14H,6,9-10H2,1-4H3,(H,23,25). The van der Waals surface area contributed by atoms with Gasteiger partial charge in [0, 0.05) is 18.7 Å². The quantitative estimate of drug-likeness (QED) is 0.569. The van der Waals surface area contributed by atoms with E-state index in [9.17, 15) is 22.8 Å². The highest BCUT2D eigenvalue weighted by Gasteiger charge is 2.18. The Bertz CT molecular complexity index is 1080. The van der Waals surface area contributed by atoms with Gasteiger partial charge in [0.25, 0.3) is 0 Å². The Morgan fingerprint density at radius 2 is 1.56 bits per heavy atom. The highest BCUT2D eigenvalue weighted by atomic mass is 32.2. The average molecular weight is 463 g/mol. The number of benzene rings is 2. The minimum atomic E-state index is -3.53. The number of amides is 1. The lowest BCUT2D eigenvalue weighted by Crippen LogP contribution is -2.31. The van der Waals surface area contributed by atoms with Crippen LogP contribution in [0.15, 0.2) is 42.5 Å². The van der Waals surface area contributed by atoms with Crippen LogP contribution in [0, 0.1) is 6.92 Å². The van der Waals surface area contributed by atoms with Gasteiger partial charge in [-0.1, -0.05) is 12.1 Å².